The Morgan fingerprint density at radius 1 is 1.71 bits per heavy atom. The van der Waals surface area contributed by atoms with Gasteiger partial charge >= 0.3 is 0 Å². The first-order valence-electron chi connectivity index (χ1n) is 4.65. The summed E-state index contributed by atoms with van der Waals surface area (Å²) in [4.78, 5) is 11.7. The second kappa shape index (κ2) is 5.26. The monoisotopic (exact) mass is 259 g/mol. The minimum Gasteiger partial charge on any atom is -0.330 e. The molecule has 1 aromatic heterocycles. The zero-order valence-corrected chi connectivity index (χ0v) is 9.75. The van der Waals surface area contributed by atoms with E-state index < -0.39 is 0 Å². The highest BCUT2D eigenvalue weighted by molar-refractivity contribution is 9.10. The van der Waals surface area contributed by atoms with Crippen molar-refractivity contribution in [2.75, 3.05) is 6.54 Å². The molecule has 0 amide bonds. The average Bonchev–Trinajstić information content (AvgIpc) is 2.56. The molecule has 0 saturated heterocycles. The van der Waals surface area contributed by atoms with E-state index in [4.69, 9.17) is 5.73 Å². The minimum absolute atomic E-state index is 0.0988. The highest BCUT2D eigenvalue weighted by Crippen LogP contribution is 2.18. The summed E-state index contributed by atoms with van der Waals surface area (Å²) in [6.07, 6.45) is 2.86. The van der Waals surface area contributed by atoms with E-state index in [1.165, 1.54) is 0 Å². The third kappa shape index (κ3) is 2.42. The normalized spacial score (nSPS) is 10.5. The Hall–Kier alpha value is -0.680. The van der Waals surface area contributed by atoms with Crippen LogP contribution < -0.4 is 5.73 Å². The van der Waals surface area contributed by atoms with Crippen LogP contribution in [0.1, 0.15) is 30.3 Å². The van der Waals surface area contributed by atoms with Crippen LogP contribution in [0.5, 0.6) is 0 Å². The molecule has 1 heterocycles. The van der Waals surface area contributed by atoms with Crippen molar-refractivity contribution in [2.24, 2.45) is 5.73 Å². The molecule has 5 heteroatoms. The lowest BCUT2D eigenvalue weighted by molar-refractivity contribution is 0.0969. The van der Waals surface area contributed by atoms with Gasteiger partial charge in [-0.25, -0.2) is 0 Å². The Balaban J connectivity index is 2.82. The van der Waals surface area contributed by atoms with Crippen molar-refractivity contribution in [1.29, 1.82) is 0 Å². The van der Waals surface area contributed by atoms with Gasteiger partial charge in [0, 0.05) is 13.0 Å². The number of rotatable bonds is 5. The summed E-state index contributed by atoms with van der Waals surface area (Å²) in [6.45, 7) is 3.21. The van der Waals surface area contributed by atoms with Crippen LogP contribution in [0.25, 0.3) is 0 Å². The second-order valence-electron chi connectivity index (χ2n) is 2.97. The van der Waals surface area contributed by atoms with E-state index in [1.54, 1.807) is 10.9 Å². The number of halogens is 1. The van der Waals surface area contributed by atoms with E-state index in [1.807, 2.05) is 6.92 Å². The van der Waals surface area contributed by atoms with Crippen LogP contribution in [-0.2, 0) is 6.54 Å². The third-order valence-electron chi connectivity index (χ3n) is 1.97. The van der Waals surface area contributed by atoms with Crippen molar-refractivity contribution in [3.63, 3.8) is 0 Å². The molecule has 0 atom stereocenters. The van der Waals surface area contributed by atoms with Crippen LogP contribution in [0.15, 0.2) is 10.7 Å². The Morgan fingerprint density at radius 3 is 3.00 bits per heavy atom. The first-order valence-corrected chi connectivity index (χ1v) is 5.44. The number of Topliss-reactive ketones (excluding diaryl/α,β-unsaturated/α-hetero) is 1. The summed E-state index contributed by atoms with van der Waals surface area (Å²) >= 11 is 3.32. The van der Waals surface area contributed by atoms with Crippen LogP contribution >= 0.6 is 15.9 Å². The molecule has 0 bridgehead atoms. The number of carbonyl (C=O) groups excluding carboxylic acids is 1. The second-order valence-corrected chi connectivity index (χ2v) is 3.83. The van der Waals surface area contributed by atoms with E-state index in [9.17, 15) is 4.79 Å². The third-order valence-corrected chi connectivity index (χ3v) is 2.55. The Labute approximate surface area is 91.6 Å². The van der Waals surface area contributed by atoms with Gasteiger partial charge in [-0.1, -0.05) is 0 Å². The molecule has 0 spiro atoms. The average molecular weight is 260 g/mol. The van der Waals surface area contributed by atoms with Gasteiger partial charge in [-0.05, 0) is 35.8 Å². The number of nitrogens with two attached hydrogens (primary N) is 1. The predicted octanol–water partition coefficient (Wildman–Crippen LogP) is 1.59. The van der Waals surface area contributed by atoms with Gasteiger partial charge < -0.3 is 5.73 Å². The van der Waals surface area contributed by atoms with Gasteiger partial charge in [0.05, 0.1) is 10.7 Å². The van der Waals surface area contributed by atoms with Gasteiger partial charge in [-0.3, -0.25) is 9.48 Å². The van der Waals surface area contributed by atoms with E-state index in [2.05, 4.69) is 21.0 Å². The Morgan fingerprint density at radius 2 is 2.43 bits per heavy atom. The SMILES string of the molecule is CCn1ncc(Br)c1C(=O)CCCN. The van der Waals surface area contributed by atoms with Gasteiger partial charge in [0.1, 0.15) is 5.69 Å². The van der Waals surface area contributed by atoms with Crippen molar-refractivity contribution in [3.8, 4) is 0 Å². The lowest BCUT2D eigenvalue weighted by atomic mass is 10.1. The van der Waals surface area contributed by atoms with E-state index in [-0.39, 0.29) is 5.78 Å². The van der Waals surface area contributed by atoms with Crippen molar-refractivity contribution >= 4 is 21.7 Å². The zero-order chi connectivity index (χ0) is 10.6. The largest absolute Gasteiger partial charge is 0.330 e. The molecule has 0 saturated carbocycles. The highest BCUT2D eigenvalue weighted by atomic mass is 79.9. The number of carbonyl (C=O) groups is 1. The lowest BCUT2D eigenvalue weighted by Crippen LogP contribution is -2.11. The van der Waals surface area contributed by atoms with Crippen LogP contribution in [0.2, 0.25) is 0 Å². The minimum atomic E-state index is 0.0988. The fraction of sp³-hybridized carbons (Fsp3) is 0.556. The zero-order valence-electron chi connectivity index (χ0n) is 8.16. The molecule has 0 aliphatic rings. The van der Waals surface area contributed by atoms with Crippen LogP contribution in [-0.4, -0.2) is 22.1 Å². The van der Waals surface area contributed by atoms with Crippen LogP contribution in [0, 0.1) is 0 Å². The van der Waals surface area contributed by atoms with Crippen molar-refractivity contribution in [3.05, 3.63) is 16.4 Å². The molecule has 1 rings (SSSR count). The topological polar surface area (TPSA) is 60.9 Å². The van der Waals surface area contributed by atoms with Gasteiger partial charge in [0.25, 0.3) is 0 Å². The Bertz CT molecular complexity index is 322. The fourth-order valence-electron chi connectivity index (χ4n) is 1.26. The van der Waals surface area contributed by atoms with E-state index >= 15 is 0 Å². The molecular formula is C9H14BrN3O. The molecule has 0 fully saturated rings. The predicted molar refractivity (Wildman–Crippen MR) is 58.2 cm³/mol. The van der Waals surface area contributed by atoms with Crippen LogP contribution in [0.4, 0.5) is 0 Å². The van der Waals surface area contributed by atoms with Crippen molar-refractivity contribution in [1.82, 2.24) is 9.78 Å². The van der Waals surface area contributed by atoms with Gasteiger partial charge in [0.15, 0.2) is 5.78 Å². The number of aryl methyl sites for hydroxylation is 1. The molecule has 14 heavy (non-hydrogen) atoms. The molecular weight excluding hydrogens is 246 g/mol. The molecule has 0 unspecified atom stereocenters. The number of hydrogen-bond acceptors (Lipinski definition) is 3. The molecule has 78 valence electrons. The summed E-state index contributed by atoms with van der Waals surface area (Å²) in [5.74, 6) is 0.0988. The number of hydrogen-bond donors (Lipinski definition) is 1. The summed E-state index contributed by atoms with van der Waals surface area (Å²) in [7, 11) is 0. The lowest BCUT2D eigenvalue weighted by Gasteiger charge is -2.03. The van der Waals surface area contributed by atoms with Gasteiger partial charge in [-0.2, -0.15) is 5.10 Å². The summed E-state index contributed by atoms with van der Waals surface area (Å²) in [5.41, 5.74) is 6.01. The van der Waals surface area contributed by atoms with Crippen molar-refractivity contribution in [2.45, 2.75) is 26.3 Å². The molecule has 4 nitrogen and oxygen atoms in total. The quantitative estimate of drug-likeness (QED) is 0.818. The Kier molecular flexibility index (Phi) is 4.28. The maximum Gasteiger partial charge on any atom is 0.182 e. The summed E-state index contributed by atoms with van der Waals surface area (Å²) in [5, 5.41) is 4.08. The molecule has 0 radical (unpaired) electrons. The van der Waals surface area contributed by atoms with Crippen LogP contribution in [0.3, 0.4) is 0 Å². The number of aromatic nitrogens is 2. The highest BCUT2D eigenvalue weighted by Gasteiger charge is 2.15. The van der Waals surface area contributed by atoms with E-state index in [0.29, 0.717) is 25.2 Å². The number of nitrogens with zero attached hydrogens (tertiary/aromatic N) is 2. The van der Waals surface area contributed by atoms with Gasteiger partial charge in [0.2, 0.25) is 0 Å². The van der Waals surface area contributed by atoms with Gasteiger partial charge in [-0.15, -0.1) is 0 Å². The summed E-state index contributed by atoms with van der Waals surface area (Å²) < 4.78 is 2.46. The smallest absolute Gasteiger partial charge is 0.182 e. The van der Waals surface area contributed by atoms with E-state index in [0.717, 1.165) is 10.9 Å². The first kappa shape index (κ1) is 11.4. The summed E-state index contributed by atoms with van der Waals surface area (Å²) in [6, 6.07) is 0. The molecule has 0 aliphatic heterocycles. The molecule has 1 aromatic rings. The maximum absolute atomic E-state index is 11.7. The molecule has 0 aromatic carbocycles. The fourth-order valence-corrected chi connectivity index (χ4v) is 1.78. The van der Waals surface area contributed by atoms with Crippen molar-refractivity contribution < 1.29 is 4.79 Å². The first-order chi connectivity index (χ1) is 6.70. The molecule has 0 aliphatic carbocycles. The molecule has 2 N–H and O–H groups in total. The number of ketones is 1. The standard InChI is InChI=1S/C9H14BrN3O/c1-2-13-9(7(10)6-12-13)8(14)4-3-5-11/h6H,2-5,11H2,1H3. The maximum atomic E-state index is 11.7.